The predicted molar refractivity (Wildman–Crippen MR) is 147 cm³/mol. The zero-order valence-corrected chi connectivity index (χ0v) is 22.3. The first kappa shape index (κ1) is 27.8. The maximum atomic E-state index is 13.9. The third kappa shape index (κ3) is 6.63. The van der Waals surface area contributed by atoms with Crippen molar-refractivity contribution in [3.63, 3.8) is 0 Å². The van der Waals surface area contributed by atoms with Crippen LogP contribution < -0.4 is 10.6 Å². The van der Waals surface area contributed by atoms with Gasteiger partial charge in [0.2, 0.25) is 0 Å². The average molecular weight is 545 g/mol. The van der Waals surface area contributed by atoms with Crippen molar-refractivity contribution in [1.82, 2.24) is 19.9 Å². The Morgan fingerprint density at radius 2 is 2.05 bits per heavy atom. The van der Waals surface area contributed by atoms with Crippen LogP contribution in [0.15, 0.2) is 28.4 Å². The van der Waals surface area contributed by atoms with Gasteiger partial charge >= 0.3 is 6.09 Å². The summed E-state index contributed by atoms with van der Waals surface area (Å²) in [5, 5.41) is 9.52. The molecule has 0 unspecified atom stereocenters. The molecular formula is C26H34ClFN8O2. The number of pyridine rings is 1. The molecule has 3 N–H and O–H groups in total. The molecule has 0 aromatic carbocycles. The molecule has 2 fully saturated rings. The Labute approximate surface area is 226 Å². The Kier molecular flexibility index (Phi) is 9.22. The summed E-state index contributed by atoms with van der Waals surface area (Å²) < 4.78 is 13.9. The number of carbonyl (C=O) groups is 1. The molecule has 204 valence electrons. The second-order valence-corrected chi connectivity index (χ2v) is 10.6. The number of hydrogen-bond acceptors (Lipinski definition) is 7. The fourth-order valence-electron chi connectivity index (χ4n) is 5.37. The van der Waals surface area contributed by atoms with Crippen molar-refractivity contribution in [2.75, 3.05) is 31.3 Å². The van der Waals surface area contributed by atoms with E-state index in [2.05, 4.69) is 48.4 Å². The zero-order chi connectivity index (χ0) is 27.2. The number of nitrogens with two attached hydrogens (primary N) is 1. The highest BCUT2D eigenvalue weighted by atomic mass is 35.5. The van der Waals surface area contributed by atoms with E-state index in [9.17, 15) is 9.18 Å². The number of alkyl halides is 1. The van der Waals surface area contributed by atoms with Gasteiger partial charge in [-0.1, -0.05) is 31.4 Å². The zero-order valence-electron chi connectivity index (χ0n) is 21.6. The number of aromatic nitrogens is 3. The normalized spacial score (nSPS) is 22.4. The molecule has 2 aliphatic rings. The first-order valence-electron chi connectivity index (χ1n) is 12.9. The van der Waals surface area contributed by atoms with Crippen LogP contribution in [0.5, 0.6) is 0 Å². The Morgan fingerprint density at radius 1 is 1.29 bits per heavy atom. The molecule has 1 aliphatic carbocycles. The first-order valence-corrected chi connectivity index (χ1v) is 13.3. The molecule has 1 atom stereocenters. The summed E-state index contributed by atoms with van der Waals surface area (Å²) >= 11 is 6.28. The van der Waals surface area contributed by atoms with Crippen LogP contribution in [-0.2, 0) is 0 Å². The maximum Gasteiger partial charge on any atom is 0.433 e. The molecule has 0 spiro atoms. The van der Waals surface area contributed by atoms with Gasteiger partial charge in [0.05, 0.1) is 11.7 Å². The van der Waals surface area contributed by atoms with Crippen LogP contribution in [0.2, 0.25) is 5.02 Å². The minimum Gasteiger partial charge on any atom is -0.463 e. The van der Waals surface area contributed by atoms with E-state index in [1.807, 2.05) is 0 Å². The molecule has 0 bridgehead atoms. The fraction of sp³-hybridized carbons (Fsp3) is 0.538. The minimum absolute atomic E-state index is 0.0947. The van der Waals surface area contributed by atoms with Crippen LogP contribution in [0.25, 0.3) is 11.3 Å². The van der Waals surface area contributed by atoms with Crippen molar-refractivity contribution in [2.24, 2.45) is 27.6 Å². The number of rotatable bonds is 9. The number of hydrogen-bond donors (Lipinski definition) is 2. The molecular weight excluding hydrogens is 511 g/mol. The lowest BCUT2D eigenvalue weighted by atomic mass is 9.83. The highest BCUT2D eigenvalue weighted by molar-refractivity contribution is 6.30. The van der Waals surface area contributed by atoms with E-state index in [4.69, 9.17) is 22.4 Å². The van der Waals surface area contributed by atoms with Gasteiger partial charge in [0.1, 0.15) is 18.1 Å². The van der Waals surface area contributed by atoms with E-state index in [1.165, 1.54) is 6.20 Å². The monoisotopic (exact) mass is 544 g/mol. The van der Waals surface area contributed by atoms with Gasteiger partial charge in [-0.15, -0.1) is 0 Å². The van der Waals surface area contributed by atoms with E-state index in [-0.39, 0.29) is 23.5 Å². The third-order valence-corrected chi connectivity index (χ3v) is 7.61. The molecule has 1 saturated carbocycles. The lowest BCUT2D eigenvalue weighted by Gasteiger charge is -2.37. The SMILES string of the molecule is C=Nc1nc(/C(N)=N/C(=O)O)nc(-c2cncc(Cl)c2)c1N(CC1CCC(C)CC1)CN1CCC[C@H]1CF. The second-order valence-electron chi connectivity index (χ2n) is 10.2. The summed E-state index contributed by atoms with van der Waals surface area (Å²) in [5.74, 6) is 0.900. The molecule has 2 aromatic rings. The van der Waals surface area contributed by atoms with Gasteiger partial charge in [0, 0.05) is 37.1 Å². The molecule has 3 heterocycles. The van der Waals surface area contributed by atoms with E-state index in [0.717, 1.165) is 45.1 Å². The van der Waals surface area contributed by atoms with Gasteiger partial charge < -0.3 is 15.7 Å². The minimum atomic E-state index is -1.46. The quantitative estimate of drug-likeness (QED) is 0.335. The van der Waals surface area contributed by atoms with E-state index in [1.54, 1.807) is 12.3 Å². The van der Waals surface area contributed by atoms with Crippen LogP contribution in [0.4, 0.5) is 20.7 Å². The molecule has 2 aromatic heterocycles. The molecule has 1 amide bonds. The number of amides is 1. The second kappa shape index (κ2) is 12.6. The van der Waals surface area contributed by atoms with E-state index >= 15 is 0 Å². The van der Waals surface area contributed by atoms with Crippen molar-refractivity contribution >= 4 is 41.8 Å². The highest BCUT2D eigenvalue weighted by Crippen LogP contribution is 2.39. The van der Waals surface area contributed by atoms with Crippen LogP contribution in [0.1, 0.15) is 51.3 Å². The van der Waals surface area contributed by atoms with Crippen LogP contribution in [0, 0.1) is 11.8 Å². The summed E-state index contributed by atoms with van der Waals surface area (Å²) in [4.78, 5) is 36.3. The standard InChI is InChI=1S/C26H34ClFN8O2/c1-16-5-7-17(8-6-16)14-36(15-35-9-3-4-20(35)11-28)22-21(18-10-19(27)13-31-12-18)32-25(34-24(22)30-2)23(29)33-26(37)38/h10,12-13,16-17,20H,2-9,11,14-15H2,1H3,(H2,29,33)(H,37,38)/t16?,17?,20-/m0/s1. The number of carboxylic acid groups (broad SMARTS) is 1. The Hall–Kier alpha value is -3.18. The Balaban J connectivity index is 1.86. The smallest absolute Gasteiger partial charge is 0.433 e. The molecule has 0 radical (unpaired) electrons. The van der Waals surface area contributed by atoms with Crippen LogP contribution >= 0.6 is 11.6 Å². The Morgan fingerprint density at radius 3 is 2.71 bits per heavy atom. The predicted octanol–water partition coefficient (Wildman–Crippen LogP) is 4.93. The van der Waals surface area contributed by atoms with Crippen molar-refractivity contribution in [3.8, 4) is 11.3 Å². The van der Waals surface area contributed by atoms with E-state index in [0.29, 0.717) is 47.0 Å². The van der Waals surface area contributed by atoms with Crippen molar-refractivity contribution in [1.29, 1.82) is 0 Å². The maximum absolute atomic E-state index is 13.9. The van der Waals surface area contributed by atoms with Gasteiger partial charge in [0.25, 0.3) is 0 Å². The molecule has 12 heteroatoms. The van der Waals surface area contributed by atoms with Gasteiger partial charge in [-0.3, -0.25) is 9.88 Å². The number of amidine groups is 1. The molecule has 1 saturated heterocycles. The summed E-state index contributed by atoms with van der Waals surface area (Å²) in [7, 11) is 0. The lowest BCUT2D eigenvalue weighted by molar-refractivity contribution is 0.205. The van der Waals surface area contributed by atoms with Crippen LogP contribution in [0.3, 0.4) is 0 Å². The van der Waals surface area contributed by atoms with E-state index < -0.39 is 12.8 Å². The highest BCUT2D eigenvalue weighted by Gasteiger charge is 2.31. The van der Waals surface area contributed by atoms with Crippen molar-refractivity contribution < 1.29 is 14.3 Å². The topological polar surface area (TPSA) is 133 Å². The molecule has 10 nitrogen and oxygen atoms in total. The van der Waals surface area contributed by atoms with Crippen LogP contribution in [-0.4, -0.2) is 76.1 Å². The number of aliphatic imine (C=N–C) groups is 2. The van der Waals surface area contributed by atoms with Crippen molar-refractivity contribution in [2.45, 2.75) is 51.5 Å². The van der Waals surface area contributed by atoms with Gasteiger partial charge in [-0.25, -0.2) is 24.1 Å². The summed E-state index contributed by atoms with van der Waals surface area (Å²) in [6, 6.07) is 1.56. The summed E-state index contributed by atoms with van der Waals surface area (Å²) in [6.07, 6.45) is 7.89. The Bertz CT molecular complexity index is 1190. The largest absolute Gasteiger partial charge is 0.463 e. The summed E-state index contributed by atoms with van der Waals surface area (Å²) in [6.45, 7) is 7.55. The van der Waals surface area contributed by atoms with Gasteiger partial charge in [-0.05, 0) is 50.3 Å². The average Bonchev–Trinajstić information content (AvgIpc) is 3.35. The number of halogens is 2. The molecule has 38 heavy (non-hydrogen) atoms. The molecule has 4 rings (SSSR count). The fourth-order valence-corrected chi connectivity index (χ4v) is 5.55. The third-order valence-electron chi connectivity index (χ3n) is 7.40. The molecule has 1 aliphatic heterocycles. The van der Waals surface area contributed by atoms with Gasteiger partial charge in [0.15, 0.2) is 17.5 Å². The summed E-state index contributed by atoms with van der Waals surface area (Å²) in [5.41, 5.74) is 7.53. The number of anilines is 1. The van der Waals surface area contributed by atoms with Gasteiger partial charge in [-0.2, -0.15) is 4.99 Å². The first-order chi connectivity index (χ1) is 18.3. The lowest BCUT2D eigenvalue weighted by Crippen LogP contribution is -2.44. The van der Waals surface area contributed by atoms with Crippen molar-refractivity contribution in [3.05, 3.63) is 29.3 Å². The number of nitrogens with zero attached hydrogens (tertiary/aromatic N) is 7. The number of likely N-dealkylation sites (tertiary alicyclic amines) is 1.